The molecule has 0 aliphatic heterocycles. The molecule has 0 amide bonds. The number of esters is 1. The highest BCUT2D eigenvalue weighted by molar-refractivity contribution is 9.08. The first-order chi connectivity index (χ1) is 6.20. The van der Waals surface area contributed by atoms with Crippen LogP contribution in [-0.4, -0.2) is 18.1 Å². The van der Waals surface area contributed by atoms with E-state index in [4.69, 9.17) is 0 Å². The molecule has 70 valence electrons. The van der Waals surface area contributed by atoms with Crippen LogP contribution in [0.25, 0.3) is 0 Å². The number of hydrogen-bond donors (Lipinski definition) is 0. The van der Waals surface area contributed by atoms with Crippen LogP contribution in [0.3, 0.4) is 0 Å². The zero-order valence-corrected chi connectivity index (χ0v) is 9.09. The van der Waals surface area contributed by atoms with E-state index in [1.807, 2.05) is 6.92 Å². The summed E-state index contributed by atoms with van der Waals surface area (Å²) in [6, 6.07) is 1.66. The second-order valence-corrected chi connectivity index (χ2v) is 3.11. The fourth-order valence-electron chi connectivity index (χ4n) is 1.07. The SMILES string of the molecule is COC(=O)c1ccnc(C)c1CBr. The number of hydrogen-bond acceptors (Lipinski definition) is 3. The Balaban J connectivity index is 3.20. The highest BCUT2D eigenvalue weighted by atomic mass is 79.9. The van der Waals surface area contributed by atoms with Crippen molar-refractivity contribution in [3.63, 3.8) is 0 Å². The van der Waals surface area contributed by atoms with Gasteiger partial charge in [-0.3, -0.25) is 4.98 Å². The summed E-state index contributed by atoms with van der Waals surface area (Å²) >= 11 is 3.31. The summed E-state index contributed by atoms with van der Waals surface area (Å²) < 4.78 is 4.65. The van der Waals surface area contributed by atoms with Crippen molar-refractivity contribution in [1.82, 2.24) is 4.98 Å². The van der Waals surface area contributed by atoms with Crippen LogP contribution >= 0.6 is 15.9 Å². The van der Waals surface area contributed by atoms with Crippen LogP contribution in [0.1, 0.15) is 21.6 Å². The van der Waals surface area contributed by atoms with E-state index in [9.17, 15) is 4.79 Å². The number of alkyl halides is 1. The minimum absolute atomic E-state index is 0.319. The van der Waals surface area contributed by atoms with Crippen molar-refractivity contribution in [2.75, 3.05) is 7.11 Å². The molecule has 3 nitrogen and oxygen atoms in total. The van der Waals surface area contributed by atoms with Crippen molar-refractivity contribution in [3.05, 3.63) is 29.1 Å². The minimum Gasteiger partial charge on any atom is -0.465 e. The quantitative estimate of drug-likeness (QED) is 0.590. The van der Waals surface area contributed by atoms with Gasteiger partial charge in [0.05, 0.1) is 12.7 Å². The first-order valence-electron chi connectivity index (χ1n) is 3.79. The van der Waals surface area contributed by atoms with E-state index in [2.05, 4.69) is 25.7 Å². The van der Waals surface area contributed by atoms with Gasteiger partial charge in [-0.25, -0.2) is 4.79 Å². The van der Waals surface area contributed by atoms with E-state index in [0.29, 0.717) is 10.9 Å². The van der Waals surface area contributed by atoms with Crippen LogP contribution in [-0.2, 0) is 10.1 Å². The lowest BCUT2D eigenvalue weighted by Crippen LogP contribution is -2.06. The molecular formula is C9H10BrNO2. The zero-order chi connectivity index (χ0) is 9.84. The van der Waals surface area contributed by atoms with Crippen LogP contribution in [0.2, 0.25) is 0 Å². The molecule has 13 heavy (non-hydrogen) atoms. The number of methoxy groups -OCH3 is 1. The third kappa shape index (κ3) is 2.06. The minimum atomic E-state index is -0.319. The molecule has 0 spiro atoms. The molecule has 1 rings (SSSR count). The molecule has 0 atom stereocenters. The second kappa shape index (κ2) is 4.37. The zero-order valence-electron chi connectivity index (χ0n) is 7.50. The molecular weight excluding hydrogens is 234 g/mol. The number of aryl methyl sites for hydroxylation is 1. The standard InChI is InChI=1S/C9H10BrNO2/c1-6-8(5-10)7(3-4-11-6)9(12)13-2/h3-4H,5H2,1-2H3. The van der Waals surface area contributed by atoms with E-state index in [1.54, 1.807) is 12.3 Å². The topological polar surface area (TPSA) is 39.2 Å². The Labute approximate surface area is 85.3 Å². The molecule has 0 N–H and O–H groups in total. The van der Waals surface area contributed by atoms with Gasteiger partial charge in [0, 0.05) is 17.2 Å². The number of rotatable bonds is 2. The van der Waals surface area contributed by atoms with Gasteiger partial charge in [-0.1, -0.05) is 15.9 Å². The molecule has 0 aromatic carbocycles. The Morgan fingerprint density at radius 1 is 1.69 bits per heavy atom. The highest BCUT2D eigenvalue weighted by Gasteiger charge is 2.12. The molecule has 1 aromatic heterocycles. The number of halogens is 1. The van der Waals surface area contributed by atoms with Crippen molar-refractivity contribution < 1.29 is 9.53 Å². The molecule has 0 aliphatic rings. The average molecular weight is 244 g/mol. The van der Waals surface area contributed by atoms with Crippen LogP contribution in [0.15, 0.2) is 12.3 Å². The van der Waals surface area contributed by atoms with Gasteiger partial charge in [-0.15, -0.1) is 0 Å². The van der Waals surface area contributed by atoms with Gasteiger partial charge in [0.15, 0.2) is 0 Å². The Morgan fingerprint density at radius 3 is 2.92 bits per heavy atom. The van der Waals surface area contributed by atoms with Gasteiger partial charge in [-0.2, -0.15) is 0 Å². The van der Waals surface area contributed by atoms with E-state index in [0.717, 1.165) is 11.3 Å². The maximum absolute atomic E-state index is 11.3. The Kier molecular flexibility index (Phi) is 3.42. The molecule has 0 saturated heterocycles. The van der Waals surface area contributed by atoms with E-state index < -0.39 is 0 Å². The molecule has 0 bridgehead atoms. The predicted octanol–water partition coefficient (Wildman–Crippen LogP) is 2.07. The third-order valence-corrected chi connectivity index (χ3v) is 2.37. The van der Waals surface area contributed by atoms with Gasteiger partial charge >= 0.3 is 5.97 Å². The number of carbonyl (C=O) groups is 1. The Hall–Kier alpha value is -0.900. The monoisotopic (exact) mass is 243 g/mol. The van der Waals surface area contributed by atoms with Crippen LogP contribution in [0, 0.1) is 6.92 Å². The summed E-state index contributed by atoms with van der Waals surface area (Å²) in [5.74, 6) is -0.319. The van der Waals surface area contributed by atoms with Crippen molar-refractivity contribution in [3.8, 4) is 0 Å². The molecule has 4 heteroatoms. The fourth-order valence-corrected chi connectivity index (χ4v) is 1.77. The van der Waals surface area contributed by atoms with Gasteiger partial charge in [0.25, 0.3) is 0 Å². The smallest absolute Gasteiger partial charge is 0.338 e. The van der Waals surface area contributed by atoms with E-state index in [1.165, 1.54) is 7.11 Å². The Bertz CT molecular complexity index is 325. The lowest BCUT2D eigenvalue weighted by atomic mass is 10.1. The van der Waals surface area contributed by atoms with Gasteiger partial charge in [0.1, 0.15) is 0 Å². The fraction of sp³-hybridized carbons (Fsp3) is 0.333. The van der Waals surface area contributed by atoms with Crippen molar-refractivity contribution in [2.45, 2.75) is 12.3 Å². The van der Waals surface area contributed by atoms with Crippen LogP contribution in [0.5, 0.6) is 0 Å². The van der Waals surface area contributed by atoms with Gasteiger partial charge in [0.2, 0.25) is 0 Å². The van der Waals surface area contributed by atoms with E-state index in [-0.39, 0.29) is 5.97 Å². The van der Waals surface area contributed by atoms with Crippen molar-refractivity contribution in [1.29, 1.82) is 0 Å². The van der Waals surface area contributed by atoms with Gasteiger partial charge in [-0.05, 0) is 18.6 Å². The molecule has 0 unspecified atom stereocenters. The summed E-state index contributed by atoms with van der Waals surface area (Å²) in [5, 5.41) is 0.608. The second-order valence-electron chi connectivity index (χ2n) is 2.55. The normalized spacial score (nSPS) is 9.77. The largest absolute Gasteiger partial charge is 0.465 e. The maximum Gasteiger partial charge on any atom is 0.338 e. The number of pyridine rings is 1. The van der Waals surface area contributed by atoms with Crippen molar-refractivity contribution >= 4 is 21.9 Å². The third-order valence-electron chi connectivity index (χ3n) is 1.81. The predicted molar refractivity (Wildman–Crippen MR) is 52.9 cm³/mol. The summed E-state index contributed by atoms with van der Waals surface area (Å²) in [6.45, 7) is 1.86. The maximum atomic E-state index is 11.3. The lowest BCUT2D eigenvalue weighted by Gasteiger charge is -2.06. The first-order valence-corrected chi connectivity index (χ1v) is 4.91. The Morgan fingerprint density at radius 2 is 2.38 bits per heavy atom. The molecule has 0 aliphatic carbocycles. The average Bonchev–Trinajstić information content (AvgIpc) is 2.16. The summed E-state index contributed by atoms with van der Waals surface area (Å²) in [4.78, 5) is 15.4. The molecule has 0 saturated carbocycles. The first kappa shape index (κ1) is 10.2. The number of aromatic nitrogens is 1. The van der Waals surface area contributed by atoms with Gasteiger partial charge < -0.3 is 4.74 Å². The molecule has 0 fully saturated rings. The summed E-state index contributed by atoms with van der Waals surface area (Å²) in [7, 11) is 1.37. The molecule has 0 radical (unpaired) electrons. The molecule has 1 heterocycles. The number of ether oxygens (including phenoxy) is 1. The molecule has 1 aromatic rings. The summed E-state index contributed by atoms with van der Waals surface area (Å²) in [6.07, 6.45) is 1.60. The van der Waals surface area contributed by atoms with E-state index >= 15 is 0 Å². The highest BCUT2D eigenvalue weighted by Crippen LogP contribution is 2.15. The number of nitrogens with zero attached hydrogens (tertiary/aromatic N) is 1. The van der Waals surface area contributed by atoms with Crippen LogP contribution < -0.4 is 0 Å². The lowest BCUT2D eigenvalue weighted by molar-refractivity contribution is 0.0599. The van der Waals surface area contributed by atoms with Crippen LogP contribution in [0.4, 0.5) is 0 Å². The number of carbonyl (C=O) groups excluding carboxylic acids is 1. The summed E-state index contributed by atoms with van der Waals surface area (Å²) in [5.41, 5.74) is 2.31. The van der Waals surface area contributed by atoms with Crippen molar-refractivity contribution in [2.24, 2.45) is 0 Å².